The van der Waals surface area contributed by atoms with Crippen molar-refractivity contribution in [1.29, 1.82) is 0 Å². The molecule has 0 atom stereocenters. The van der Waals surface area contributed by atoms with Crippen LogP contribution in [0.25, 0.3) is 0 Å². The normalized spacial score (nSPS) is 14.5. The summed E-state index contributed by atoms with van der Waals surface area (Å²) in [5.74, 6) is 0. The Morgan fingerprint density at radius 3 is 2.67 bits per heavy atom. The molecule has 0 unspecified atom stereocenters. The highest BCUT2D eigenvalue weighted by molar-refractivity contribution is 7.09. The molecule has 0 bridgehead atoms. The fourth-order valence-electron chi connectivity index (χ4n) is 2.45. The lowest BCUT2D eigenvalue weighted by Gasteiger charge is -2.10. The van der Waals surface area contributed by atoms with Crippen LogP contribution in [0.1, 0.15) is 28.8 Å². The van der Waals surface area contributed by atoms with Gasteiger partial charge in [-0.05, 0) is 48.4 Å². The fraction of sp³-hybridized carbons (Fsp3) is 0.444. The molecule has 1 fully saturated rings. The van der Waals surface area contributed by atoms with Gasteiger partial charge in [0.25, 0.3) is 0 Å². The zero-order valence-electron chi connectivity index (χ0n) is 12.4. The number of hydrogen-bond donors (Lipinski definition) is 1. The predicted octanol–water partition coefficient (Wildman–Crippen LogP) is 3.80. The Labute approximate surface area is 131 Å². The van der Waals surface area contributed by atoms with Crippen molar-refractivity contribution in [2.24, 2.45) is 0 Å². The van der Waals surface area contributed by atoms with E-state index in [0.717, 1.165) is 38.6 Å². The van der Waals surface area contributed by atoms with Crippen molar-refractivity contribution >= 4 is 11.3 Å². The van der Waals surface area contributed by atoms with E-state index in [4.69, 9.17) is 4.74 Å². The molecule has 1 aromatic carbocycles. The maximum absolute atomic E-state index is 5.86. The van der Waals surface area contributed by atoms with E-state index < -0.39 is 0 Å². The monoisotopic (exact) mass is 301 g/mol. The summed E-state index contributed by atoms with van der Waals surface area (Å²) in [6.45, 7) is 2.61. The minimum absolute atomic E-state index is 0.727. The van der Waals surface area contributed by atoms with Gasteiger partial charge in [0.05, 0.1) is 13.2 Å². The van der Waals surface area contributed by atoms with Crippen molar-refractivity contribution in [3.8, 4) is 0 Å². The smallest absolute Gasteiger partial charge is 0.0719 e. The SMILES string of the molecule is c1csc(CCOCc2ccccc2CCNC2CC2)c1. The summed E-state index contributed by atoms with van der Waals surface area (Å²) >= 11 is 1.80. The number of rotatable bonds is 9. The molecule has 2 nitrogen and oxygen atoms in total. The topological polar surface area (TPSA) is 21.3 Å². The summed E-state index contributed by atoms with van der Waals surface area (Å²) in [5.41, 5.74) is 2.75. The molecule has 1 heterocycles. The van der Waals surface area contributed by atoms with E-state index in [-0.39, 0.29) is 0 Å². The first-order valence-corrected chi connectivity index (χ1v) is 8.70. The number of ether oxygens (including phenoxy) is 1. The third kappa shape index (κ3) is 4.95. The lowest BCUT2D eigenvalue weighted by atomic mass is 10.1. The molecule has 1 aliphatic rings. The van der Waals surface area contributed by atoms with Crippen molar-refractivity contribution in [2.75, 3.05) is 13.2 Å². The lowest BCUT2D eigenvalue weighted by molar-refractivity contribution is 0.123. The van der Waals surface area contributed by atoms with Gasteiger partial charge in [-0.15, -0.1) is 11.3 Å². The van der Waals surface area contributed by atoms with Crippen LogP contribution in [0.5, 0.6) is 0 Å². The summed E-state index contributed by atoms with van der Waals surface area (Å²) in [7, 11) is 0. The van der Waals surface area contributed by atoms with Crippen molar-refractivity contribution in [3.63, 3.8) is 0 Å². The quantitative estimate of drug-likeness (QED) is 0.711. The highest BCUT2D eigenvalue weighted by atomic mass is 32.1. The van der Waals surface area contributed by atoms with Crippen LogP contribution in [0.4, 0.5) is 0 Å². The minimum Gasteiger partial charge on any atom is -0.376 e. The number of thiophene rings is 1. The third-order valence-corrected chi connectivity index (χ3v) is 4.79. The molecule has 0 saturated heterocycles. The molecule has 3 heteroatoms. The Bertz CT molecular complexity index is 534. The molecule has 0 amide bonds. The molecule has 1 aliphatic carbocycles. The minimum atomic E-state index is 0.727. The summed E-state index contributed by atoms with van der Waals surface area (Å²) < 4.78 is 5.86. The molecular formula is C18H23NOS. The van der Waals surface area contributed by atoms with Gasteiger partial charge in [-0.2, -0.15) is 0 Å². The Kier molecular flexibility index (Phi) is 5.44. The number of hydrogen-bond acceptors (Lipinski definition) is 3. The van der Waals surface area contributed by atoms with Crippen LogP contribution in [0.2, 0.25) is 0 Å². The molecule has 0 aliphatic heterocycles. The van der Waals surface area contributed by atoms with Crippen molar-refractivity contribution in [1.82, 2.24) is 5.32 Å². The first-order valence-electron chi connectivity index (χ1n) is 7.82. The van der Waals surface area contributed by atoms with Gasteiger partial charge in [0.1, 0.15) is 0 Å². The molecule has 3 rings (SSSR count). The lowest BCUT2D eigenvalue weighted by Crippen LogP contribution is -2.19. The van der Waals surface area contributed by atoms with Gasteiger partial charge in [0, 0.05) is 17.3 Å². The average molecular weight is 301 g/mol. The van der Waals surface area contributed by atoms with Gasteiger partial charge in [-0.25, -0.2) is 0 Å². The predicted molar refractivity (Wildman–Crippen MR) is 88.8 cm³/mol. The van der Waals surface area contributed by atoms with E-state index in [0.29, 0.717) is 0 Å². The molecule has 0 radical (unpaired) electrons. The molecule has 0 spiro atoms. The standard InChI is InChI=1S/C18H23NOS/c1-2-5-16(14-20-12-10-18-6-3-13-21-18)15(4-1)9-11-19-17-7-8-17/h1-6,13,17,19H,7-12,14H2. The van der Waals surface area contributed by atoms with Gasteiger partial charge in [-0.1, -0.05) is 30.3 Å². The molecular weight excluding hydrogens is 278 g/mol. The van der Waals surface area contributed by atoms with E-state index in [1.54, 1.807) is 11.3 Å². The van der Waals surface area contributed by atoms with Gasteiger partial charge in [0.2, 0.25) is 0 Å². The van der Waals surface area contributed by atoms with Crippen molar-refractivity contribution in [3.05, 3.63) is 57.8 Å². The van der Waals surface area contributed by atoms with E-state index in [9.17, 15) is 0 Å². The Morgan fingerprint density at radius 2 is 1.90 bits per heavy atom. The second kappa shape index (κ2) is 7.74. The van der Waals surface area contributed by atoms with Crippen molar-refractivity contribution < 1.29 is 4.74 Å². The Hall–Kier alpha value is -1.16. The Balaban J connectivity index is 1.42. The van der Waals surface area contributed by atoms with E-state index >= 15 is 0 Å². The average Bonchev–Trinajstić information content (AvgIpc) is 3.18. The molecule has 1 aromatic heterocycles. The molecule has 1 saturated carbocycles. The largest absolute Gasteiger partial charge is 0.376 e. The molecule has 2 aromatic rings. The molecule has 112 valence electrons. The van der Waals surface area contributed by atoms with Crippen LogP contribution in [-0.4, -0.2) is 19.2 Å². The third-order valence-electron chi connectivity index (χ3n) is 3.85. The van der Waals surface area contributed by atoms with Crippen molar-refractivity contribution in [2.45, 2.75) is 38.3 Å². The van der Waals surface area contributed by atoms with Crippen LogP contribution in [0.3, 0.4) is 0 Å². The first-order chi connectivity index (χ1) is 10.4. The van der Waals surface area contributed by atoms with Gasteiger partial charge in [0.15, 0.2) is 0 Å². The molecule has 1 N–H and O–H groups in total. The zero-order valence-corrected chi connectivity index (χ0v) is 13.2. The summed E-state index contributed by atoms with van der Waals surface area (Å²) in [6, 6.07) is 13.7. The van der Waals surface area contributed by atoms with Crippen LogP contribution in [0, 0.1) is 0 Å². The second-order valence-electron chi connectivity index (χ2n) is 5.63. The van der Waals surface area contributed by atoms with Gasteiger partial charge < -0.3 is 10.1 Å². The fourth-order valence-corrected chi connectivity index (χ4v) is 3.14. The second-order valence-corrected chi connectivity index (χ2v) is 6.66. The number of benzene rings is 1. The van der Waals surface area contributed by atoms with Gasteiger partial charge >= 0.3 is 0 Å². The summed E-state index contributed by atoms with van der Waals surface area (Å²) in [4.78, 5) is 1.40. The van der Waals surface area contributed by atoms with Crippen LogP contribution < -0.4 is 5.32 Å². The summed E-state index contributed by atoms with van der Waals surface area (Å²) in [6.07, 6.45) is 4.82. The highest BCUT2D eigenvalue weighted by Crippen LogP contribution is 2.19. The van der Waals surface area contributed by atoms with Gasteiger partial charge in [-0.3, -0.25) is 0 Å². The number of nitrogens with one attached hydrogen (secondary N) is 1. The zero-order chi connectivity index (χ0) is 14.3. The highest BCUT2D eigenvalue weighted by Gasteiger charge is 2.19. The van der Waals surface area contributed by atoms with Crippen LogP contribution >= 0.6 is 11.3 Å². The van der Waals surface area contributed by atoms with E-state index in [1.807, 2.05) is 0 Å². The van der Waals surface area contributed by atoms with Crippen LogP contribution in [0.15, 0.2) is 41.8 Å². The maximum Gasteiger partial charge on any atom is 0.0719 e. The van der Waals surface area contributed by atoms with E-state index in [2.05, 4.69) is 47.1 Å². The van der Waals surface area contributed by atoms with E-state index in [1.165, 1.54) is 28.8 Å². The first kappa shape index (κ1) is 14.8. The molecule has 21 heavy (non-hydrogen) atoms. The summed E-state index contributed by atoms with van der Waals surface area (Å²) in [5, 5.41) is 5.70. The Morgan fingerprint density at radius 1 is 1.05 bits per heavy atom. The maximum atomic E-state index is 5.86. The van der Waals surface area contributed by atoms with Crippen LogP contribution in [-0.2, 0) is 24.2 Å².